The van der Waals surface area contributed by atoms with Gasteiger partial charge in [0.25, 0.3) is 0 Å². The second-order valence-electron chi connectivity index (χ2n) is 10.2. The Labute approximate surface area is 135 Å². The van der Waals surface area contributed by atoms with Crippen molar-refractivity contribution in [2.75, 3.05) is 0 Å². The van der Waals surface area contributed by atoms with Crippen molar-refractivity contribution in [3.05, 3.63) is 0 Å². The lowest BCUT2D eigenvalue weighted by Crippen LogP contribution is -2.15. The van der Waals surface area contributed by atoms with Crippen molar-refractivity contribution < 1.29 is 0 Å². The first-order chi connectivity index (χ1) is 9.66. The summed E-state index contributed by atoms with van der Waals surface area (Å²) in [7, 11) is 0. The first-order valence-corrected chi connectivity index (χ1v) is 9.66. The van der Waals surface area contributed by atoms with Crippen LogP contribution in [0.4, 0.5) is 0 Å². The van der Waals surface area contributed by atoms with Gasteiger partial charge in [-0.25, -0.2) is 0 Å². The Bertz CT molecular complexity index is 251. The fourth-order valence-corrected chi connectivity index (χ4v) is 4.34. The van der Waals surface area contributed by atoms with Crippen molar-refractivity contribution in [1.29, 1.82) is 0 Å². The average molecular weight is 295 g/mol. The molecule has 0 aliphatic heterocycles. The Morgan fingerprint density at radius 3 is 1.10 bits per heavy atom. The molecule has 21 heavy (non-hydrogen) atoms. The summed E-state index contributed by atoms with van der Waals surface area (Å²) < 4.78 is 0. The average Bonchev–Trinajstić information content (AvgIpc) is 2.79. The third-order valence-corrected chi connectivity index (χ3v) is 5.00. The van der Waals surface area contributed by atoms with Crippen LogP contribution in [0.2, 0.25) is 0 Å². The van der Waals surface area contributed by atoms with Crippen LogP contribution >= 0.6 is 0 Å². The van der Waals surface area contributed by atoms with Crippen LogP contribution in [0.5, 0.6) is 0 Å². The number of hydrogen-bond donors (Lipinski definition) is 0. The smallest absolute Gasteiger partial charge is 0.0380 e. The third kappa shape index (κ3) is 10.4. The first-order valence-electron chi connectivity index (χ1n) is 9.66. The topological polar surface area (TPSA) is 0 Å². The number of rotatable bonds is 2. The zero-order valence-corrected chi connectivity index (χ0v) is 15.9. The van der Waals surface area contributed by atoms with Crippen molar-refractivity contribution in [2.45, 2.75) is 112 Å². The molecule has 0 amide bonds. The summed E-state index contributed by atoms with van der Waals surface area (Å²) in [6.07, 6.45) is 16.3. The molecule has 0 unspecified atom stereocenters. The monoisotopic (exact) mass is 294 g/mol. The van der Waals surface area contributed by atoms with E-state index in [1.165, 1.54) is 70.6 Å². The third-order valence-electron chi connectivity index (χ3n) is 5.00. The Balaban J connectivity index is 0.000000211. The van der Waals surface area contributed by atoms with E-state index in [-0.39, 0.29) is 0 Å². The second kappa shape index (κ2) is 8.59. The van der Waals surface area contributed by atoms with Crippen molar-refractivity contribution in [3.63, 3.8) is 0 Å². The molecule has 0 heteroatoms. The summed E-state index contributed by atoms with van der Waals surface area (Å²) in [5.41, 5.74) is 1.12. The molecule has 0 heterocycles. The van der Waals surface area contributed by atoms with Gasteiger partial charge < -0.3 is 0 Å². The van der Waals surface area contributed by atoms with Gasteiger partial charge in [-0.2, -0.15) is 0 Å². The zero-order chi connectivity index (χ0) is 15.9. The zero-order valence-electron chi connectivity index (χ0n) is 15.9. The molecule has 2 rings (SSSR count). The Kier molecular flexibility index (Phi) is 7.79. The molecule has 0 aromatic carbocycles. The van der Waals surface area contributed by atoms with Crippen LogP contribution < -0.4 is 0 Å². The van der Waals surface area contributed by atoms with E-state index in [2.05, 4.69) is 41.5 Å². The van der Waals surface area contributed by atoms with Crippen molar-refractivity contribution in [2.24, 2.45) is 22.7 Å². The van der Waals surface area contributed by atoms with E-state index in [1.807, 2.05) is 0 Å². The normalized spacial score (nSPS) is 22.0. The van der Waals surface area contributed by atoms with E-state index in [9.17, 15) is 0 Å². The predicted molar refractivity (Wildman–Crippen MR) is 96.7 cm³/mol. The van der Waals surface area contributed by atoms with Gasteiger partial charge in [0.1, 0.15) is 0 Å². The van der Waals surface area contributed by atoms with E-state index in [0.717, 1.165) is 11.8 Å². The van der Waals surface area contributed by atoms with Crippen LogP contribution in [0.1, 0.15) is 112 Å². The highest BCUT2D eigenvalue weighted by Crippen LogP contribution is 2.35. The standard InChI is InChI=1S/C11H22.C10H20/c1-11(2,3)9-10-7-5-4-6-8-10;1-10(2,3)8-9-6-4-5-7-9/h10H,4-9H2,1-3H3;9H,4-8H2,1-3H3. The van der Waals surface area contributed by atoms with Gasteiger partial charge in [0.2, 0.25) is 0 Å². The summed E-state index contributed by atoms with van der Waals surface area (Å²) in [4.78, 5) is 0. The lowest BCUT2D eigenvalue weighted by atomic mass is 9.78. The highest BCUT2D eigenvalue weighted by atomic mass is 14.3. The lowest BCUT2D eigenvalue weighted by molar-refractivity contribution is 0.240. The maximum absolute atomic E-state index is 2.36. The Hall–Kier alpha value is 0. The fraction of sp³-hybridized carbons (Fsp3) is 1.00. The molecule has 0 nitrogen and oxygen atoms in total. The number of hydrogen-bond acceptors (Lipinski definition) is 0. The van der Waals surface area contributed by atoms with Gasteiger partial charge in [0.15, 0.2) is 0 Å². The molecule has 0 saturated heterocycles. The molecule has 0 N–H and O–H groups in total. The molecule has 2 aliphatic rings. The highest BCUT2D eigenvalue weighted by molar-refractivity contribution is 4.74. The van der Waals surface area contributed by atoms with Gasteiger partial charge in [0, 0.05) is 0 Å². The van der Waals surface area contributed by atoms with Gasteiger partial charge in [0.05, 0.1) is 0 Å². The summed E-state index contributed by atoms with van der Waals surface area (Å²) >= 11 is 0. The Morgan fingerprint density at radius 2 is 0.810 bits per heavy atom. The SMILES string of the molecule is CC(C)(C)CC1CCCC1.CC(C)(C)CC1CCCCC1. The van der Waals surface area contributed by atoms with Crippen LogP contribution in [-0.4, -0.2) is 0 Å². The van der Waals surface area contributed by atoms with Crippen molar-refractivity contribution in [3.8, 4) is 0 Å². The summed E-state index contributed by atoms with van der Waals surface area (Å²) in [6, 6.07) is 0. The minimum absolute atomic E-state index is 0.558. The molecule has 2 saturated carbocycles. The van der Waals surface area contributed by atoms with Gasteiger partial charge in [-0.15, -0.1) is 0 Å². The summed E-state index contributed by atoms with van der Waals surface area (Å²) in [5.74, 6) is 2.10. The lowest BCUT2D eigenvalue weighted by Gasteiger charge is -2.28. The highest BCUT2D eigenvalue weighted by Gasteiger charge is 2.21. The summed E-state index contributed by atoms with van der Waals surface area (Å²) in [5, 5.41) is 0. The van der Waals surface area contributed by atoms with Crippen LogP contribution in [0.25, 0.3) is 0 Å². The molecule has 0 bridgehead atoms. The minimum Gasteiger partial charge on any atom is -0.0602 e. The van der Waals surface area contributed by atoms with Gasteiger partial charge >= 0.3 is 0 Å². The predicted octanol–water partition coefficient (Wildman–Crippen LogP) is 7.62. The minimum atomic E-state index is 0.558. The quantitative estimate of drug-likeness (QED) is 0.491. The molecule has 2 fully saturated rings. The maximum Gasteiger partial charge on any atom is -0.0380 e. The second-order valence-corrected chi connectivity index (χ2v) is 10.2. The molecule has 0 atom stereocenters. The van der Waals surface area contributed by atoms with Crippen molar-refractivity contribution in [1.82, 2.24) is 0 Å². The largest absolute Gasteiger partial charge is 0.0602 e. The van der Waals surface area contributed by atoms with E-state index < -0.39 is 0 Å². The molecule has 2 aliphatic carbocycles. The molecule has 0 radical (unpaired) electrons. The molecular weight excluding hydrogens is 252 g/mol. The first kappa shape index (κ1) is 19.0. The van der Waals surface area contributed by atoms with Crippen LogP contribution in [0.3, 0.4) is 0 Å². The van der Waals surface area contributed by atoms with E-state index in [4.69, 9.17) is 0 Å². The van der Waals surface area contributed by atoms with E-state index >= 15 is 0 Å². The molecule has 0 spiro atoms. The fourth-order valence-electron chi connectivity index (χ4n) is 4.34. The van der Waals surface area contributed by atoms with Crippen LogP contribution in [0, 0.1) is 22.7 Å². The van der Waals surface area contributed by atoms with Gasteiger partial charge in [-0.05, 0) is 35.5 Å². The molecule has 0 aromatic rings. The van der Waals surface area contributed by atoms with E-state index in [1.54, 1.807) is 0 Å². The maximum atomic E-state index is 2.36. The van der Waals surface area contributed by atoms with Gasteiger partial charge in [-0.3, -0.25) is 0 Å². The Morgan fingerprint density at radius 1 is 0.524 bits per heavy atom. The van der Waals surface area contributed by atoms with Crippen LogP contribution in [-0.2, 0) is 0 Å². The molecule has 126 valence electrons. The molecular formula is C21H42. The van der Waals surface area contributed by atoms with Crippen molar-refractivity contribution >= 4 is 0 Å². The summed E-state index contributed by atoms with van der Waals surface area (Å²) in [6.45, 7) is 14.1. The van der Waals surface area contributed by atoms with Gasteiger partial charge in [-0.1, -0.05) is 99.3 Å². The van der Waals surface area contributed by atoms with Crippen LogP contribution in [0.15, 0.2) is 0 Å². The molecule has 0 aromatic heterocycles. The van der Waals surface area contributed by atoms with E-state index in [0.29, 0.717) is 10.8 Å².